The topological polar surface area (TPSA) is 371 Å². The third-order valence-corrected chi connectivity index (χ3v) is 19.2. The molecule has 4 amide bonds. The molecule has 0 radical (unpaired) electrons. The molecule has 0 aliphatic heterocycles. The van der Waals surface area contributed by atoms with Crippen LogP contribution in [0, 0.1) is 20.8 Å². The number of hydrogen-bond donors (Lipinski definition) is 3. The van der Waals surface area contributed by atoms with Crippen LogP contribution in [-0.4, -0.2) is 120 Å². The molecule has 0 spiro atoms. The summed E-state index contributed by atoms with van der Waals surface area (Å²) >= 11 is 3.34. The molecule has 12 rings (SSSR count). The van der Waals surface area contributed by atoms with Crippen LogP contribution < -0.4 is 32.2 Å². The number of aryl methyl sites for hydroxylation is 3. The molecular formula is C63H55N13O13S6. The molecule has 6 aromatic heterocycles. The molecule has 3 unspecified atom stereocenters. The van der Waals surface area contributed by atoms with Gasteiger partial charge in [-0.05, 0) is 110 Å². The highest BCUT2D eigenvalue weighted by molar-refractivity contribution is 7.97. The SMILES string of the molecule is CN(C)C=O.Cc1cccc(-n2ccc(=O)c(C(=O)Nc3nc4ccc([S+](C)(=O)[O-])cc4s3)n2)c1.Cc1cccc(-n2ccc(=O)c(C(=O)Nc3nc4ccc([S+](C)(=O)[O-])cc4s3)n2)c1.Cc1cccc(-n2ccc(=O)c(C(=O)Nc3nc4ccc([S+](C)(=O)[O-])cc4s3)n2)c1. The van der Waals surface area contributed by atoms with Crippen molar-refractivity contribution in [2.24, 2.45) is 0 Å². The molecule has 0 aliphatic carbocycles. The Morgan fingerprint density at radius 2 is 0.705 bits per heavy atom. The summed E-state index contributed by atoms with van der Waals surface area (Å²) in [7, 11) is -6.69. The highest BCUT2D eigenvalue weighted by Crippen LogP contribution is 2.32. The van der Waals surface area contributed by atoms with Gasteiger partial charge in [-0.2, -0.15) is 15.3 Å². The molecule has 12 aromatic rings. The molecule has 0 aliphatic rings. The number of nitrogens with zero attached hydrogens (tertiary/aromatic N) is 10. The lowest BCUT2D eigenvalue weighted by atomic mass is 10.2. The van der Waals surface area contributed by atoms with E-state index in [-0.39, 0.29) is 47.2 Å². The van der Waals surface area contributed by atoms with E-state index in [9.17, 15) is 59.8 Å². The van der Waals surface area contributed by atoms with Gasteiger partial charge in [0.25, 0.3) is 17.7 Å². The number of thiazole rings is 3. The average molecular weight is 1390 g/mol. The Morgan fingerprint density at radius 3 is 0.937 bits per heavy atom. The molecule has 95 heavy (non-hydrogen) atoms. The zero-order valence-electron chi connectivity index (χ0n) is 51.4. The summed E-state index contributed by atoms with van der Waals surface area (Å²) < 4.78 is 76.5. The number of hydrogen-bond acceptors (Lipinski definition) is 22. The minimum absolute atomic E-state index is 0.169. The third-order valence-electron chi connectivity index (χ3n) is 13.1. The predicted molar refractivity (Wildman–Crippen MR) is 365 cm³/mol. The van der Waals surface area contributed by atoms with Gasteiger partial charge in [-0.15, -0.1) is 12.6 Å². The van der Waals surface area contributed by atoms with E-state index in [2.05, 4.69) is 46.2 Å². The van der Waals surface area contributed by atoms with Crippen molar-refractivity contribution in [1.29, 1.82) is 0 Å². The number of anilines is 3. The maximum absolute atomic E-state index is 12.7. The summed E-state index contributed by atoms with van der Waals surface area (Å²) in [5.41, 5.74) is 4.48. The van der Waals surface area contributed by atoms with E-state index in [1.165, 1.54) is 92.1 Å². The van der Waals surface area contributed by atoms with Gasteiger partial charge in [-0.3, -0.25) is 49.5 Å². The summed E-state index contributed by atoms with van der Waals surface area (Å²) in [5.74, 6) is -2.07. The lowest BCUT2D eigenvalue weighted by Crippen LogP contribution is -2.25. The fourth-order valence-electron chi connectivity index (χ4n) is 8.47. The number of fused-ring (bicyclic) bond motifs is 3. The van der Waals surface area contributed by atoms with Gasteiger partial charge >= 0.3 is 0 Å². The van der Waals surface area contributed by atoms with Gasteiger partial charge in [0.05, 0.1) is 78.4 Å². The Balaban J connectivity index is 0.000000161. The largest absolute Gasteiger partial charge is 0.610 e. The molecule has 0 fully saturated rings. The zero-order valence-corrected chi connectivity index (χ0v) is 56.3. The van der Waals surface area contributed by atoms with E-state index in [0.29, 0.717) is 30.6 Å². The predicted octanol–water partition coefficient (Wildman–Crippen LogP) is 8.77. The molecule has 486 valence electrons. The minimum Gasteiger partial charge on any atom is -0.610 e. The van der Waals surface area contributed by atoms with E-state index in [0.717, 1.165) is 92.9 Å². The van der Waals surface area contributed by atoms with Gasteiger partial charge in [0.2, 0.25) is 22.7 Å². The number of carbonyl (C=O) groups is 4. The summed E-state index contributed by atoms with van der Waals surface area (Å²) in [6.07, 6.45) is 8.61. The van der Waals surface area contributed by atoms with Crippen molar-refractivity contribution in [3.63, 3.8) is 0 Å². The highest BCUT2D eigenvalue weighted by Gasteiger charge is 2.22. The summed E-state index contributed by atoms with van der Waals surface area (Å²) in [6, 6.07) is 39.9. The maximum Gasteiger partial charge on any atom is 0.281 e. The van der Waals surface area contributed by atoms with Crippen LogP contribution in [0.5, 0.6) is 0 Å². The number of benzene rings is 6. The fraction of sp³-hybridized carbons (Fsp3) is 0.127. The molecular weight excluding hydrogens is 1340 g/mol. The number of aromatic nitrogens is 9. The van der Waals surface area contributed by atoms with E-state index in [4.69, 9.17) is 0 Å². The lowest BCUT2D eigenvalue weighted by molar-refractivity contribution is -0.115. The van der Waals surface area contributed by atoms with E-state index < -0.39 is 64.6 Å². The fourth-order valence-corrected chi connectivity index (χ4v) is 13.3. The minimum atomic E-state index is -3.35. The van der Waals surface area contributed by atoms with Crippen molar-refractivity contribution in [3.05, 3.63) is 229 Å². The Hall–Kier alpha value is -10.2. The van der Waals surface area contributed by atoms with Crippen molar-refractivity contribution < 1.29 is 45.5 Å². The van der Waals surface area contributed by atoms with Crippen LogP contribution in [0.3, 0.4) is 0 Å². The van der Waals surface area contributed by atoms with Crippen molar-refractivity contribution >= 4 is 135 Å². The first-order chi connectivity index (χ1) is 44.9. The number of rotatable bonds is 13. The first kappa shape index (κ1) is 69.2. The molecule has 32 heteroatoms. The molecule has 26 nitrogen and oxygen atoms in total. The lowest BCUT2D eigenvalue weighted by Gasteiger charge is -2.07. The van der Waals surface area contributed by atoms with Crippen LogP contribution in [0.4, 0.5) is 15.4 Å². The van der Waals surface area contributed by atoms with Gasteiger partial charge in [-0.1, -0.05) is 70.4 Å². The number of nitrogens with one attached hydrogen (secondary N) is 3. The van der Waals surface area contributed by atoms with Crippen LogP contribution in [0.2, 0.25) is 0 Å². The van der Waals surface area contributed by atoms with Gasteiger partial charge < -0.3 is 18.6 Å². The van der Waals surface area contributed by atoms with Gasteiger partial charge in [0, 0.05) is 69.1 Å². The van der Waals surface area contributed by atoms with E-state index in [1.54, 1.807) is 32.3 Å². The molecule has 3 N–H and O–H groups in total. The second-order valence-corrected chi connectivity index (χ2v) is 30.3. The number of amides is 4. The Labute approximate surface area is 555 Å². The number of carbonyl (C=O) groups excluding carboxylic acids is 4. The molecule has 0 saturated carbocycles. The smallest absolute Gasteiger partial charge is 0.281 e. The first-order valence-corrected chi connectivity index (χ1v) is 35.9. The van der Waals surface area contributed by atoms with Crippen molar-refractivity contribution in [3.8, 4) is 17.1 Å². The van der Waals surface area contributed by atoms with Crippen molar-refractivity contribution in [2.45, 2.75) is 35.5 Å². The zero-order chi connectivity index (χ0) is 68.7. The van der Waals surface area contributed by atoms with E-state index >= 15 is 0 Å². The molecule has 3 atom stereocenters. The average Bonchev–Trinajstić information content (AvgIpc) is 1.77. The third kappa shape index (κ3) is 17.8. The van der Waals surface area contributed by atoms with Crippen molar-refractivity contribution in [1.82, 2.24) is 49.2 Å². The maximum atomic E-state index is 12.7. The quantitative estimate of drug-likeness (QED) is 0.0716. The Kier molecular flexibility index (Phi) is 21.1. The summed E-state index contributed by atoms with van der Waals surface area (Å²) in [6.45, 7) is 5.80. The van der Waals surface area contributed by atoms with Crippen LogP contribution in [0.25, 0.3) is 47.7 Å². The van der Waals surface area contributed by atoms with Crippen LogP contribution in [0.1, 0.15) is 48.2 Å². The Morgan fingerprint density at radius 1 is 0.442 bits per heavy atom. The second kappa shape index (κ2) is 29.0. The van der Waals surface area contributed by atoms with Gasteiger partial charge in [0.1, 0.15) is 18.8 Å². The van der Waals surface area contributed by atoms with Crippen LogP contribution in [0.15, 0.2) is 193 Å². The van der Waals surface area contributed by atoms with Gasteiger partial charge in [-0.25, -0.2) is 29.0 Å². The summed E-state index contributed by atoms with van der Waals surface area (Å²) in [4.78, 5) is 98.9. The van der Waals surface area contributed by atoms with Gasteiger partial charge in [0.15, 0.2) is 47.2 Å². The van der Waals surface area contributed by atoms with E-state index in [1.807, 2.05) is 93.6 Å². The Bertz CT molecular complexity index is 4790. The molecule has 0 bridgehead atoms. The summed E-state index contributed by atoms with van der Waals surface area (Å²) in [5, 5.41) is 21.0. The highest BCUT2D eigenvalue weighted by atomic mass is 32.3. The van der Waals surface area contributed by atoms with Crippen molar-refractivity contribution in [2.75, 3.05) is 48.8 Å². The first-order valence-electron chi connectivity index (χ1n) is 27.8. The standard InChI is InChI=1S/3C20H16N4O4S2.C3H7NO/c3*1-12-4-3-5-13(10-12)24-9-8-16(25)18(23-24)19(26)22-20-21-15-7-6-14(30(2,27)28)11-17(15)29-20;1-4(2)3-5/h3*3-11H,1-2H3,(H-,21,22,26,27,28);3H,1-2H3. The molecule has 6 heterocycles. The van der Waals surface area contributed by atoms with Crippen LogP contribution in [-0.2, 0) is 48.1 Å². The second-order valence-electron chi connectivity index (χ2n) is 21.1. The number of sulfone groups is 3. The molecule has 0 saturated heterocycles. The molecule has 6 aromatic carbocycles. The monoisotopic (exact) mass is 1390 g/mol. The normalized spacial score (nSPS) is 12.8. The van der Waals surface area contributed by atoms with Crippen LogP contribution >= 0.6 is 34.0 Å².